The van der Waals surface area contributed by atoms with E-state index >= 15 is 0 Å². The van der Waals surface area contributed by atoms with Crippen molar-refractivity contribution in [1.29, 1.82) is 0 Å². The van der Waals surface area contributed by atoms with Crippen molar-refractivity contribution in [2.75, 3.05) is 9.80 Å². The molecule has 1 heterocycles. The molecule has 0 amide bonds. The quantitative estimate of drug-likeness (QED) is 0.155. The molecule has 10 aromatic rings. The van der Waals surface area contributed by atoms with Crippen LogP contribution in [-0.4, -0.2) is 0 Å². The summed E-state index contributed by atoms with van der Waals surface area (Å²) in [7, 11) is 0. The number of rotatable bonds is 8. The highest BCUT2D eigenvalue weighted by atomic mass is 16.3. The van der Waals surface area contributed by atoms with Gasteiger partial charge in [0, 0.05) is 44.8 Å². The van der Waals surface area contributed by atoms with E-state index in [0.717, 1.165) is 56.1 Å². The zero-order valence-corrected chi connectivity index (χ0v) is 31.7. The fraction of sp³-hybridized carbons (Fsp3) is 0.0182. The van der Waals surface area contributed by atoms with Crippen molar-refractivity contribution in [3.8, 4) is 11.1 Å². The van der Waals surface area contributed by atoms with E-state index in [2.05, 4.69) is 234 Å². The van der Waals surface area contributed by atoms with Crippen LogP contribution in [0.2, 0.25) is 0 Å². The summed E-state index contributed by atoms with van der Waals surface area (Å²) in [5.74, 6) is 0. The second kappa shape index (κ2) is 13.8. The number of anilines is 6. The van der Waals surface area contributed by atoms with Gasteiger partial charge in [0.05, 0.1) is 11.1 Å². The van der Waals surface area contributed by atoms with Gasteiger partial charge in [-0.3, -0.25) is 0 Å². The number of hydrogen-bond acceptors (Lipinski definition) is 3. The van der Waals surface area contributed by atoms with Crippen LogP contribution >= 0.6 is 0 Å². The molecule has 0 saturated heterocycles. The zero-order chi connectivity index (χ0) is 38.5. The molecule has 1 aliphatic carbocycles. The minimum absolute atomic E-state index is 0.692. The summed E-state index contributed by atoms with van der Waals surface area (Å²) in [5.41, 5.74) is 14.8. The molecular weight excluding hydrogens is 705 g/mol. The van der Waals surface area contributed by atoms with Gasteiger partial charge in [-0.25, -0.2) is 0 Å². The maximum atomic E-state index is 6.43. The third kappa shape index (κ3) is 5.28. The molecule has 0 saturated carbocycles. The van der Waals surface area contributed by atoms with Gasteiger partial charge in [0.15, 0.2) is 0 Å². The molecule has 0 bridgehead atoms. The fourth-order valence-electron chi connectivity index (χ4n) is 9.29. The summed E-state index contributed by atoms with van der Waals surface area (Å²) in [6, 6.07) is 83.1. The van der Waals surface area contributed by atoms with E-state index in [1.165, 1.54) is 33.4 Å². The van der Waals surface area contributed by atoms with Crippen molar-refractivity contribution in [3.05, 3.63) is 253 Å². The lowest BCUT2D eigenvalue weighted by atomic mass is 9.67. The Morgan fingerprint density at radius 1 is 0.328 bits per heavy atom. The van der Waals surface area contributed by atoms with Crippen LogP contribution in [0.25, 0.3) is 33.1 Å². The average Bonchev–Trinajstić information content (AvgIpc) is 3.82. The van der Waals surface area contributed by atoms with Crippen LogP contribution < -0.4 is 9.80 Å². The molecule has 58 heavy (non-hydrogen) atoms. The predicted octanol–water partition coefficient (Wildman–Crippen LogP) is 14.9. The monoisotopic (exact) mass is 742 g/mol. The topological polar surface area (TPSA) is 19.6 Å². The Balaban J connectivity index is 1.32. The Hall–Kier alpha value is -7.62. The smallest absolute Gasteiger partial charge is 0.135 e. The maximum absolute atomic E-state index is 6.43. The summed E-state index contributed by atoms with van der Waals surface area (Å²) >= 11 is 0. The number of benzene rings is 9. The molecule has 0 radical (unpaired) electrons. The van der Waals surface area contributed by atoms with Crippen molar-refractivity contribution in [2.45, 2.75) is 5.41 Å². The van der Waals surface area contributed by atoms with Gasteiger partial charge in [-0.2, -0.15) is 0 Å². The van der Waals surface area contributed by atoms with Gasteiger partial charge < -0.3 is 14.2 Å². The molecule has 1 unspecified atom stereocenters. The molecule has 0 N–H and O–H groups in total. The molecular formula is C55H38N2O. The van der Waals surface area contributed by atoms with Crippen molar-refractivity contribution < 1.29 is 4.42 Å². The van der Waals surface area contributed by atoms with Crippen molar-refractivity contribution in [3.63, 3.8) is 0 Å². The molecule has 3 nitrogen and oxygen atoms in total. The van der Waals surface area contributed by atoms with Gasteiger partial charge in [0.2, 0.25) is 0 Å². The second-order valence-corrected chi connectivity index (χ2v) is 14.9. The summed E-state index contributed by atoms with van der Waals surface area (Å²) in [5, 5.41) is 2.22. The third-order valence-electron chi connectivity index (χ3n) is 11.7. The molecule has 1 atom stereocenters. The van der Waals surface area contributed by atoms with Crippen LogP contribution in [-0.2, 0) is 5.41 Å². The van der Waals surface area contributed by atoms with E-state index < -0.39 is 5.41 Å². The van der Waals surface area contributed by atoms with Gasteiger partial charge in [-0.15, -0.1) is 0 Å². The Labute approximate surface area is 338 Å². The largest absolute Gasteiger partial charge is 0.456 e. The van der Waals surface area contributed by atoms with Crippen LogP contribution in [0.5, 0.6) is 0 Å². The van der Waals surface area contributed by atoms with Crippen molar-refractivity contribution >= 4 is 56.1 Å². The Morgan fingerprint density at radius 3 is 1.45 bits per heavy atom. The molecule has 0 fully saturated rings. The molecule has 9 aromatic carbocycles. The fourth-order valence-corrected chi connectivity index (χ4v) is 9.29. The highest BCUT2D eigenvalue weighted by Gasteiger charge is 2.48. The first-order valence-electron chi connectivity index (χ1n) is 19.9. The van der Waals surface area contributed by atoms with Gasteiger partial charge in [-0.1, -0.05) is 152 Å². The van der Waals surface area contributed by atoms with Gasteiger partial charge in [0.1, 0.15) is 11.2 Å². The average molecular weight is 743 g/mol. The number of furan rings is 1. The van der Waals surface area contributed by atoms with Crippen molar-refractivity contribution in [2.24, 2.45) is 0 Å². The van der Waals surface area contributed by atoms with Gasteiger partial charge in [-0.05, 0) is 107 Å². The third-order valence-corrected chi connectivity index (χ3v) is 11.7. The molecule has 11 rings (SSSR count). The van der Waals surface area contributed by atoms with Crippen LogP contribution in [0.1, 0.15) is 22.3 Å². The number of hydrogen-bond donors (Lipinski definition) is 0. The molecule has 1 aromatic heterocycles. The molecule has 274 valence electrons. The van der Waals surface area contributed by atoms with E-state index in [-0.39, 0.29) is 0 Å². The number of nitrogens with zero attached hydrogens (tertiary/aromatic N) is 2. The standard InChI is InChI=1S/C55H38N2O/c1-6-20-39(21-7-1)55(40-34-35-53-48(36-40)46-30-17-19-33-52(46)58-53)49-32-18-16-31-47(49)54-50(55)37-45(56(41-22-8-2-9-23-41)42-24-10-3-11-25-42)38-51(54)57(43-26-12-4-13-27-43)44-28-14-5-15-29-44/h1-38H. The normalized spacial score (nSPS) is 14.3. The predicted molar refractivity (Wildman–Crippen MR) is 240 cm³/mol. The highest BCUT2D eigenvalue weighted by molar-refractivity contribution is 6.06. The lowest BCUT2D eigenvalue weighted by molar-refractivity contribution is 0.668. The van der Waals surface area contributed by atoms with E-state index in [1.807, 2.05) is 6.07 Å². The van der Waals surface area contributed by atoms with Gasteiger partial charge in [0.25, 0.3) is 0 Å². The Morgan fingerprint density at radius 2 is 0.828 bits per heavy atom. The maximum Gasteiger partial charge on any atom is 0.135 e. The van der Waals surface area contributed by atoms with Crippen LogP contribution in [0.3, 0.4) is 0 Å². The lowest BCUT2D eigenvalue weighted by Gasteiger charge is -2.36. The van der Waals surface area contributed by atoms with E-state index in [1.54, 1.807) is 0 Å². The van der Waals surface area contributed by atoms with Crippen molar-refractivity contribution in [1.82, 2.24) is 0 Å². The van der Waals surface area contributed by atoms with E-state index in [0.29, 0.717) is 0 Å². The first kappa shape index (κ1) is 33.7. The molecule has 0 aliphatic heterocycles. The minimum atomic E-state index is -0.692. The van der Waals surface area contributed by atoms with Crippen LogP contribution in [0, 0.1) is 0 Å². The number of fused-ring (bicyclic) bond motifs is 6. The second-order valence-electron chi connectivity index (χ2n) is 14.9. The number of para-hydroxylation sites is 5. The highest BCUT2D eigenvalue weighted by Crippen LogP contribution is 2.61. The molecule has 1 aliphatic rings. The van der Waals surface area contributed by atoms with E-state index in [4.69, 9.17) is 4.42 Å². The first-order valence-corrected chi connectivity index (χ1v) is 19.9. The first-order chi connectivity index (χ1) is 28.8. The van der Waals surface area contributed by atoms with Crippen LogP contribution in [0.15, 0.2) is 235 Å². The SMILES string of the molecule is c1ccc(N(c2ccccc2)c2cc(N(c3ccccc3)c3ccccc3)c3c(c2)C(c2ccccc2)(c2ccc4oc5ccccc5c4c2)c2ccccc2-3)cc1. The summed E-state index contributed by atoms with van der Waals surface area (Å²) in [6.45, 7) is 0. The summed E-state index contributed by atoms with van der Waals surface area (Å²) < 4.78 is 6.43. The molecule has 3 heteroatoms. The Bertz CT molecular complexity index is 2970. The summed E-state index contributed by atoms with van der Waals surface area (Å²) in [6.07, 6.45) is 0. The zero-order valence-electron chi connectivity index (χ0n) is 31.7. The minimum Gasteiger partial charge on any atom is -0.456 e. The van der Waals surface area contributed by atoms with E-state index in [9.17, 15) is 0 Å². The summed E-state index contributed by atoms with van der Waals surface area (Å²) in [4.78, 5) is 4.82. The van der Waals surface area contributed by atoms with Gasteiger partial charge >= 0.3 is 0 Å². The Kier molecular flexibility index (Phi) is 8.04. The molecule has 0 spiro atoms. The van der Waals surface area contributed by atoms with Crippen LogP contribution in [0.4, 0.5) is 34.1 Å². The lowest BCUT2D eigenvalue weighted by Crippen LogP contribution is -2.29.